The van der Waals surface area contributed by atoms with Crippen molar-refractivity contribution in [2.75, 3.05) is 19.7 Å². The summed E-state index contributed by atoms with van der Waals surface area (Å²) in [4.78, 5) is 27.9. The molecule has 5 nitrogen and oxygen atoms in total. The third-order valence-electron chi connectivity index (χ3n) is 5.33. The lowest BCUT2D eigenvalue weighted by atomic mass is 10.0. The maximum Gasteiger partial charge on any atom is 0.263 e. The molecule has 0 radical (unpaired) electrons. The third-order valence-corrected chi connectivity index (χ3v) is 7.22. The minimum Gasteiger partial charge on any atom is -0.494 e. The number of amides is 2. The molecule has 2 heterocycles. The van der Waals surface area contributed by atoms with Gasteiger partial charge in [0, 0.05) is 39.8 Å². The molecule has 1 fully saturated rings. The van der Waals surface area contributed by atoms with Crippen molar-refractivity contribution in [3.05, 3.63) is 63.0 Å². The van der Waals surface area contributed by atoms with Gasteiger partial charge in [-0.2, -0.15) is 0 Å². The molecule has 4 rings (SSSR count). The van der Waals surface area contributed by atoms with Crippen molar-refractivity contribution in [1.29, 1.82) is 0 Å². The van der Waals surface area contributed by atoms with Gasteiger partial charge in [-0.3, -0.25) is 9.59 Å². The van der Waals surface area contributed by atoms with Crippen LogP contribution in [0.5, 0.6) is 5.75 Å². The summed E-state index contributed by atoms with van der Waals surface area (Å²) in [5.41, 5.74) is 0.640. The summed E-state index contributed by atoms with van der Waals surface area (Å²) in [7, 11) is 0. The van der Waals surface area contributed by atoms with Crippen molar-refractivity contribution >= 4 is 56.4 Å². The number of nitrogens with one attached hydrogen (secondary N) is 1. The minimum atomic E-state index is -0.182. The maximum absolute atomic E-state index is 12.8. The SMILES string of the molecule is CCOc1ccc(C(=O)N2CCC(NC(=O)c3sc4cc(Cl)ccc4c3Cl)CC2)cc1. The number of ether oxygens (including phenoxy) is 1. The zero-order valence-corrected chi connectivity index (χ0v) is 19.3. The van der Waals surface area contributed by atoms with Crippen LogP contribution in [0.3, 0.4) is 0 Å². The van der Waals surface area contributed by atoms with Gasteiger partial charge in [-0.25, -0.2) is 0 Å². The molecule has 2 aromatic carbocycles. The highest BCUT2D eigenvalue weighted by Gasteiger charge is 2.26. The summed E-state index contributed by atoms with van der Waals surface area (Å²) < 4.78 is 6.31. The lowest BCUT2D eigenvalue weighted by Gasteiger charge is -2.32. The van der Waals surface area contributed by atoms with Crippen LogP contribution in [0, 0.1) is 0 Å². The molecule has 1 N–H and O–H groups in total. The first-order chi connectivity index (χ1) is 15.0. The van der Waals surface area contributed by atoms with Gasteiger partial charge in [-0.1, -0.05) is 29.3 Å². The molecule has 1 saturated heterocycles. The number of carbonyl (C=O) groups is 2. The first kappa shape index (κ1) is 21.9. The molecular weight excluding hydrogens is 455 g/mol. The Hall–Kier alpha value is -2.28. The normalized spacial score (nSPS) is 14.6. The van der Waals surface area contributed by atoms with Crippen molar-refractivity contribution in [2.24, 2.45) is 0 Å². The largest absolute Gasteiger partial charge is 0.494 e. The van der Waals surface area contributed by atoms with Crippen LogP contribution >= 0.6 is 34.5 Å². The van der Waals surface area contributed by atoms with Gasteiger partial charge < -0.3 is 15.0 Å². The molecule has 8 heteroatoms. The van der Waals surface area contributed by atoms with Gasteiger partial charge >= 0.3 is 0 Å². The molecule has 0 saturated carbocycles. The second-order valence-electron chi connectivity index (χ2n) is 7.38. The summed E-state index contributed by atoms with van der Waals surface area (Å²) >= 11 is 13.8. The second-order valence-corrected chi connectivity index (χ2v) is 9.25. The number of likely N-dealkylation sites (tertiary alicyclic amines) is 1. The van der Waals surface area contributed by atoms with Gasteiger partial charge in [-0.05, 0) is 56.2 Å². The van der Waals surface area contributed by atoms with Crippen molar-refractivity contribution in [2.45, 2.75) is 25.8 Å². The number of piperidine rings is 1. The highest BCUT2D eigenvalue weighted by atomic mass is 35.5. The van der Waals surface area contributed by atoms with Crippen molar-refractivity contribution in [1.82, 2.24) is 10.2 Å². The molecule has 0 spiro atoms. The van der Waals surface area contributed by atoms with E-state index >= 15 is 0 Å². The van der Waals surface area contributed by atoms with Gasteiger partial charge in [0.25, 0.3) is 11.8 Å². The van der Waals surface area contributed by atoms with Crippen molar-refractivity contribution in [3.8, 4) is 5.75 Å². The molecule has 0 aliphatic carbocycles. The lowest BCUT2D eigenvalue weighted by Crippen LogP contribution is -2.46. The van der Waals surface area contributed by atoms with E-state index in [-0.39, 0.29) is 17.9 Å². The Balaban J connectivity index is 1.35. The fourth-order valence-electron chi connectivity index (χ4n) is 3.71. The number of benzene rings is 2. The van der Waals surface area contributed by atoms with Crippen LogP contribution in [-0.2, 0) is 0 Å². The van der Waals surface area contributed by atoms with Crippen LogP contribution in [0.2, 0.25) is 10.0 Å². The Bertz CT molecular complexity index is 1110. The Labute approximate surface area is 194 Å². The molecule has 162 valence electrons. The van der Waals surface area contributed by atoms with E-state index < -0.39 is 0 Å². The molecule has 3 aromatic rings. The first-order valence-electron chi connectivity index (χ1n) is 10.2. The average Bonchev–Trinajstić information content (AvgIpc) is 3.10. The molecule has 1 aromatic heterocycles. The summed E-state index contributed by atoms with van der Waals surface area (Å²) in [6.07, 6.45) is 1.39. The van der Waals surface area contributed by atoms with Crippen molar-refractivity contribution in [3.63, 3.8) is 0 Å². The van der Waals surface area contributed by atoms with E-state index in [1.807, 2.05) is 36.1 Å². The average molecular weight is 477 g/mol. The molecule has 0 atom stereocenters. The number of rotatable bonds is 5. The van der Waals surface area contributed by atoms with E-state index in [0.717, 1.165) is 15.8 Å². The van der Waals surface area contributed by atoms with Gasteiger partial charge in [0.15, 0.2) is 0 Å². The number of hydrogen-bond donors (Lipinski definition) is 1. The molecule has 1 aliphatic heterocycles. The molecule has 31 heavy (non-hydrogen) atoms. The first-order valence-corrected chi connectivity index (χ1v) is 11.7. The fraction of sp³-hybridized carbons (Fsp3) is 0.304. The predicted molar refractivity (Wildman–Crippen MR) is 126 cm³/mol. The van der Waals surface area contributed by atoms with E-state index in [0.29, 0.717) is 53.0 Å². The van der Waals surface area contributed by atoms with E-state index in [2.05, 4.69) is 5.32 Å². The molecule has 0 unspecified atom stereocenters. The van der Waals surface area contributed by atoms with Crippen molar-refractivity contribution < 1.29 is 14.3 Å². The van der Waals surface area contributed by atoms with Crippen LogP contribution in [0.1, 0.15) is 39.8 Å². The van der Waals surface area contributed by atoms with E-state index in [1.54, 1.807) is 18.2 Å². The topological polar surface area (TPSA) is 58.6 Å². The summed E-state index contributed by atoms with van der Waals surface area (Å²) in [5.74, 6) is 0.568. The van der Waals surface area contributed by atoms with Crippen LogP contribution in [-0.4, -0.2) is 42.5 Å². The number of thiophene rings is 1. The van der Waals surface area contributed by atoms with E-state index in [9.17, 15) is 9.59 Å². The quantitative estimate of drug-likeness (QED) is 0.518. The highest BCUT2D eigenvalue weighted by molar-refractivity contribution is 7.21. The van der Waals surface area contributed by atoms with Gasteiger partial charge in [-0.15, -0.1) is 11.3 Å². The van der Waals surface area contributed by atoms with Crippen LogP contribution in [0.25, 0.3) is 10.1 Å². The summed E-state index contributed by atoms with van der Waals surface area (Å²) in [6.45, 7) is 3.69. The number of hydrogen-bond acceptors (Lipinski definition) is 4. The predicted octanol–water partition coefficient (Wildman–Crippen LogP) is 5.64. The van der Waals surface area contributed by atoms with E-state index in [4.69, 9.17) is 27.9 Å². The standard InChI is InChI=1S/C23H22Cl2N2O3S/c1-2-30-17-6-3-14(4-7-17)23(29)27-11-9-16(10-12-27)26-22(28)21-20(25)18-8-5-15(24)13-19(18)31-21/h3-8,13,16H,2,9-12H2,1H3,(H,26,28). The van der Waals surface area contributed by atoms with Crippen LogP contribution in [0.15, 0.2) is 42.5 Å². The van der Waals surface area contributed by atoms with Gasteiger partial charge in [0.05, 0.1) is 11.6 Å². The number of nitrogens with zero attached hydrogens (tertiary/aromatic N) is 1. The monoisotopic (exact) mass is 476 g/mol. The number of fused-ring (bicyclic) bond motifs is 1. The Morgan fingerprint density at radius 2 is 1.84 bits per heavy atom. The fourth-order valence-corrected chi connectivity index (χ4v) is 5.40. The molecule has 1 aliphatic rings. The number of halogens is 2. The lowest BCUT2D eigenvalue weighted by molar-refractivity contribution is 0.0698. The number of carbonyl (C=O) groups excluding carboxylic acids is 2. The Kier molecular flexibility index (Phi) is 6.70. The van der Waals surface area contributed by atoms with E-state index in [1.165, 1.54) is 11.3 Å². The Morgan fingerprint density at radius 1 is 1.13 bits per heavy atom. The summed E-state index contributed by atoms with van der Waals surface area (Å²) in [6, 6.07) is 12.6. The summed E-state index contributed by atoms with van der Waals surface area (Å²) in [5, 5.41) is 4.97. The molecule has 0 bridgehead atoms. The van der Waals surface area contributed by atoms with Gasteiger partial charge in [0.1, 0.15) is 10.6 Å². The third kappa shape index (κ3) is 4.81. The zero-order valence-electron chi connectivity index (χ0n) is 17.0. The molecule has 2 amide bonds. The molecular formula is C23H22Cl2N2O3S. The highest BCUT2D eigenvalue weighted by Crippen LogP contribution is 2.36. The van der Waals surface area contributed by atoms with Crippen LogP contribution in [0.4, 0.5) is 0 Å². The zero-order chi connectivity index (χ0) is 22.0. The second kappa shape index (κ2) is 9.47. The Morgan fingerprint density at radius 3 is 2.52 bits per heavy atom. The van der Waals surface area contributed by atoms with Gasteiger partial charge in [0.2, 0.25) is 0 Å². The minimum absolute atomic E-state index is 0.00162. The smallest absolute Gasteiger partial charge is 0.263 e. The maximum atomic E-state index is 12.8. The van der Waals surface area contributed by atoms with Crippen LogP contribution < -0.4 is 10.1 Å².